The molecule has 0 aliphatic carbocycles. The molecule has 0 amide bonds. The van der Waals surface area contributed by atoms with E-state index >= 15 is 0 Å². The quantitative estimate of drug-likeness (QED) is 0.866. The Morgan fingerprint density at radius 1 is 1.39 bits per heavy atom. The highest BCUT2D eigenvalue weighted by molar-refractivity contribution is 7.13. The van der Waals surface area contributed by atoms with E-state index in [2.05, 4.69) is 20.2 Å². The first-order chi connectivity index (χ1) is 8.86. The van der Waals surface area contributed by atoms with E-state index in [4.69, 9.17) is 10.5 Å². The van der Waals surface area contributed by atoms with Crippen molar-refractivity contribution in [3.05, 3.63) is 11.1 Å². The van der Waals surface area contributed by atoms with Crippen LogP contribution in [0.4, 0.5) is 5.13 Å². The predicted molar refractivity (Wildman–Crippen MR) is 73.0 cm³/mol. The number of rotatable bonds is 3. The van der Waals surface area contributed by atoms with Gasteiger partial charge in [-0.2, -0.15) is 0 Å². The summed E-state index contributed by atoms with van der Waals surface area (Å²) in [6.45, 7) is 6.65. The maximum atomic E-state index is 5.61. The van der Waals surface area contributed by atoms with E-state index in [1.54, 1.807) is 11.3 Å². The van der Waals surface area contributed by atoms with Crippen molar-refractivity contribution in [1.82, 2.24) is 9.88 Å². The normalized spacial score (nSPS) is 25.8. The van der Waals surface area contributed by atoms with Crippen LogP contribution in [0, 0.1) is 0 Å². The molecule has 6 heteroatoms. The van der Waals surface area contributed by atoms with Crippen LogP contribution in [-0.4, -0.2) is 55.3 Å². The minimum absolute atomic E-state index is 0.539. The molecular weight excluding hydrogens is 248 g/mol. The molecule has 2 fully saturated rings. The van der Waals surface area contributed by atoms with E-state index in [0.29, 0.717) is 12.6 Å². The molecule has 1 aromatic heterocycles. The SMILES string of the molecule is NCc1csc(N2CCC(N3CCOCC3)C2)n1. The average molecular weight is 268 g/mol. The van der Waals surface area contributed by atoms with Crippen molar-refractivity contribution in [3.8, 4) is 0 Å². The van der Waals surface area contributed by atoms with Gasteiger partial charge in [-0.25, -0.2) is 4.98 Å². The first-order valence-electron chi connectivity index (χ1n) is 6.58. The first-order valence-corrected chi connectivity index (χ1v) is 7.46. The van der Waals surface area contributed by atoms with Gasteiger partial charge in [0.15, 0.2) is 5.13 Å². The van der Waals surface area contributed by atoms with Gasteiger partial charge in [0.1, 0.15) is 0 Å². The van der Waals surface area contributed by atoms with E-state index in [1.165, 1.54) is 6.42 Å². The van der Waals surface area contributed by atoms with E-state index in [-0.39, 0.29) is 0 Å². The third-order valence-corrected chi connectivity index (χ3v) is 4.69. The molecule has 0 aromatic carbocycles. The summed E-state index contributed by atoms with van der Waals surface area (Å²) in [5, 5.41) is 3.20. The second kappa shape index (κ2) is 5.52. The molecule has 100 valence electrons. The summed E-state index contributed by atoms with van der Waals surface area (Å²) in [6.07, 6.45) is 1.23. The number of hydrogen-bond acceptors (Lipinski definition) is 6. The molecule has 2 saturated heterocycles. The van der Waals surface area contributed by atoms with Gasteiger partial charge in [0.25, 0.3) is 0 Å². The minimum Gasteiger partial charge on any atom is -0.379 e. The zero-order valence-electron chi connectivity index (χ0n) is 10.5. The molecule has 0 radical (unpaired) electrons. The van der Waals surface area contributed by atoms with Gasteiger partial charge in [0.2, 0.25) is 0 Å². The number of ether oxygens (including phenoxy) is 1. The fraction of sp³-hybridized carbons (Fsp3) is 0.750. The van der Waals surface area contributed by atoms with Crippen LogP contribution in [0.15, 0.2) is 5.38 Å². The van der Waals surface area contributed by atoms with Gasteiger partial charge in [-0.1, -0.05) is 0 Å². The Labute approximate surface area is 112 Å². The molecule has 5 nitrogen and oxygen atoms in total. The molecule has 1 aromatic rings. The van der Waals surface area contributed by atoms with Gasteiger partial charge in [-0.3, -0.25) is 4.90 Å². The van der Waals surface area contributed by atoms with Crippen molar-refractivity contribution in [2.75, 3.05) is 44.3 Å². The molecule has 2 aliphatic rings. The van der Waals surface area contributed by atoms with Gasteiger partial charge in [-0.05, 0) is 6.42 Å². The molecule has 3 rings (SSSR count). The summed E-state index contributed by atoms with van der Waals surface area (Å²) in [5.41, 5.74) is 6.61. The third-order valence-electron chi connectivity index (χ3n) is 3.74. The summed E-state index contributed by atoms with van der Waals surface area (Å²) < 4.78 is 5.41. The number of nitrogens with zero attached hydrogens (tertiary/aromatic N) is 3. The molecule has 2 N–H and O–H groups in total. The van der Waals surface area contributed by atoms with Gasteiger partial charge in [0.05, 0.1) is 18.9 Å². The molecule has 3 heterocycles. The molecule has 1 unspecified atom stereocenters. The summed E-state index contributed by atoms with van der Waals surface area (Å²) >= 11 is 1.71. The average Bonchev–Trinajstić information content (AvgIpc) is 3.08. The minimum atomic E-state index is 0.539. The van der Waals surface area contributed by atoms with Crippen LogP contribution in [0.1, 0.15) is 12.1 Å². The topological polar surface area (TPSA) is 54.6 Å². The van der Waals surface area contributed by atoms with Crippen molar-refractivity contribution in [2.24, 2.45) is 5.73 Å². The lowest BCUT2D eigenvalue weighted by Crippen LogP contribution is -2.44. The number of nitrogens with two attached hydrogens (primary N) is 1. The highest BCUT2D eigenvalue weighted by Gasteiger charge is 2.29. The Morgan fingerprint density at radius 2 is 2.22 bits per heavy atom. The second-order valence-electron chi connectivity index (χ2n) is 4.86. The zero-order valence-corrected chi connectivity index (χ0v) is 11.4. The number of hydrogen-bond donors (Lipinski definition) is 1. The number of aromatic nitrogens is 1. The van der Waals surface area contributed by atoms with Crippen LogP contribution in [-0.2, 0) is 11.3 Å². The number of anilines is 1. The third kappa shape index (κ3) is 2.51. The van der Waals surface area contributed by atoms with Crippen molar-refractivity contribution >= 4 is 16.5 Å². The summed E-state index contributed by atoms with van der Waals surface area (Å²) in [6, 6.07) is 0.666. The molecule has 0 spiro atoms. The molecule has 0 bridgehead atoms. The van der Waals surface area contributed by atoms with Crippen molar-refractivity contribution in [3.63, 3.8) is 0 Å². The largest absolute Gasteiger partial charge is 0.379 e. The van der Waals surface area contributed by atoms with Crippen LogP contribution in [0.25, 0.3) is 0 Å². The summed E-state index contributed by atoms with van der Waals surface area (Å²) in [7, 11) is 0. The van der Waals surface area contributed by atoms with E-state index in [1.807, 2.05) is 0 Å². The lowest BCUT2D eigenvalue weighted by Gasteiger charge is -2.32. The van der Waals surface area contributed by atoms with E-state index < -0.39 is 0 Å². The van der Waals surface area contributed by atoms with Crippen LogP contribution in [0.2, 0.25) is 0 Å². The lowest BCUT2D eigenvalue weighted by atomic mass is 10.2. The Balaban J connectivity index is 1.60. The van der Waals surface area contributed by atoms with E-state index in [9.17, 15) is 0 Å². The molecular formula is C12H20N4OS. The Hall–Kier alpha value is -0.690. The monoisotopic (exact) mass is 268 g/mol. The van der Waals surface area contributed by atoms with Crippen molar-refractivity contribution in [1.29, 1.82) is 0 Å². The van der Waals surface area contributed by atoms with Crippen LogP contribution < -0.4 is 10.6 Å². The molecule has 2 aliphatic heterocycles. The Bertz CT molecular complexity index is 391. The second-order valence-corrected chi connectivity index (χ2v) is 5.70. The lowest BCUT2D eigenvalue weighted by molar-refractivity contribution is 0.0209. The first kappa shape index (κ1) is 12.3. The van der Waals surface area contributed by atoms with Gasteiger partial charge < -0.3 is 15.4 Å². The molecule has 0 saturated carbocycles. The summed E-state index contributed by atoms with van der Waals surface area (Å²) in [4.78, 5) is 9.52. The van der Waals surface area contributed by atoms with Gasteiger partial charge in [-0.15, -0.1) is 11.3 Å². The molecule has 18 heavy (non-hydrogen) atoms. The maximum absolute atomic E-state index is 5.61. The highest BCUT2D eigenvalue weighted by atomic mass is 32.1. The van der Waals surface area contributed by atoms with Crippen molar-refractivity contribution < 1.29 is 4.74 Å². The van der Waals surface area contributed by atoms with Gasteiger partial charge in [0, 0.05) is 44.1 Å². The number of morpholine rings is 1. The maximum Gasteiger partial charge on any atom is 0.185 e. The van der Waals surface area contributed by atoms with Crippen molar-refractivity contribution in [2.45, 2.75) is 19.0 Å². The fourth-order valence-electron chi connectivity index (χ4n) is 2.69. The Morgan fingerprint density at radius 3 is 2.94 bits per heavy atom. The van der Waals surface area contributed by atoms with Crippen LogP contribution in [0.3, 0.4) is 0 Å². The summed E-state index contributed by atoms with van der Waals surface area (Å²) in [5.74, 6) is 0. The standard InChI is InChI=1S/C12H20N4OS/c13-7-10-9-18-12(14-10)16-2-1-11(8-16)15-3-5-17-6-4-15/h9,11H,1-8,13H2. The zero-order chi connectivity index (χ0) is 12.4. The van der Waals surface area contributed by atoms with Crippen LogP contribution >= 0.6 is 11.3 Å². The van der Waals surface area contributed by atoms with E-state index in [0.717, 1.165) is 50.2 Å². The Kier molecular flexibility index (Phi) is 3.79. The molecule has 1 atom stereocenters. The van der Waals surface area contributed by atoms with Gasteiger partial charge >= 0.3 is 0 Å². The van der Waals surface area contributed by atoms with Crippen LogP contribution in [0.5, 0.6) is 0 Å². The predicted octanol–water partition coefficient (Wildman–Crippen LogP) is 0.513. The highest BCUT2D eigenvalue weighted by Crippen LogP contribution is 2.26. The smallest absolute Gasteiger partial charge is 0.185 e. The fourth-order valence-corrected chi connectivity index (χ4v) is 3.57. The number of thiazole rings is 1.